The lowest BCUT2D eigenvalue weighted by Crippen LogP contribution is -2.52. The lowest BCUT2D eigenvalue weighted by Gasteiger charge is -2.31. The van der Waals surface area contributed by atoms with Crippen molar-refractivity contribution in [3.63, 3.8) is 0 Å². The fourth-order valence-electron chi connectivity index (χ4n) is 1.52. The first-order valence-corrected chi connectivity index (χ1v) is 6.34. The minimum Gasteiger partial charge on any atom is -0.368 e. The highest BCUT2D eigenvalue weighted by molar-refractivity contribution is 9.09. The van der Waals surface area contributed by atoms with Crippen LogP contribution in [0.2, 0.25) is 0 Å². The maximum absolute atomic E-state index is 11.9. The van der Waals surface area contributed by atoms with E-state index in [2.05, 4.69) is 28.2 Å². The second-order valence-corrected chi connectivity index (χ2v) is 6.26. The second kappa shape index (κ2) is 4.83. The summed E-state index contributed by atoms with van der Waals surface area (Å²) in [5.41, 5.74) is -0.247. The van der Waals surface area contributed by atoms with E-state index in [0.29, 0.717) is 12.5 Å². The van der Waals surface area contributed by atoms with Crippen LogP contribution in [0.3, 0.4) is 0 Å². The highest BCUT2D eigenvalue weighted by Crippen LogP contribution is 2.22. The van der Waals surface area contributed by atoms with Crippen LogP contribution in [0.4, 0.5) is 0 Å². The van der Waals surface area contributed by atoms with Gasteiger partial charge in [-0.25, -0.2) is 0 Å². The zero-order chi connectivity index (χ0) is 11.6. The third kappa shape index (κ3) is 3.18. The molecule has 1 fully saturated rings. The van der Waals surface area contributed by atoms with Crippen molar-refractivity contribution in [2.45, 2.75) is 50.6 Å². The molecule has 0 saturated carbocycles. The Hall–Kier alpha value is -0.0900. The van der Waals surface area contributed by atoms with Crippen molar-refractivity contribution >= 4 is 21.8 Å². The highest BCUT2D eigenvalue weighted by Gasteiger charge is 2.35. The van der Waals surface area contributed by atoms with Crippen molar-refractivity contribution in [2.75, 3.05) is 6.61 Å². The molecule has 0 radical (unpaired) electrons. The van der Waals surface area contributed by atoms with Crippen LogP contribution in [0.15, 0.2) is 0 Å². The van der Waals surface area contributed by atoms with E-state index >= 15 is 0 Å². The van der Waals surface area contributed by atoms with Crippen molar-refractivity contribution in [3.8, 4) is 0 Å². The molecule has 0 bridgehead atoms. The largest absolute Gasteiger partial charge is 0.368 e. The first kappa shape index (κ1) is 13.0. The Morgan fingerprint density at radius 1 is 1.60 bits per heavy atom. The third-order valence-corrected chi connectivity index (χ3v) is 4.23. The molecule has 1 saturated heterocycles. The van der Waals surface area contributed by atoms with Gasteiger partial charge in [0.1, 0.15) is 6.10 Å². The summed E-state index contributed by atoms with van der Waals surface area (Å²) in [7, 11) is 0. The van der Waals surface area contributed by atoms with Gasteiger partial charge in [0.15, 0.2) is 0 Å². The summed E-state index contributed by atoms with van der Waals surface area (Å²) in [5.74, 6) is 0.336. The molecule has 4 heteroatoms. The zero-order valence-corrected chi connectivity index (χ0v) is 11.4. The van der Waals surface area contributed by atoms with E-state index in [9.17, 15) is 4.79 Å². The van der Waals surface area contributed by atoms with Crippen LogP contribution in [0.5, 0.6) is 0 Å². The van der Waals surface area contributed by atoms with Gasteiger partial charge in [0.2, 0.25) is 5.91 Å². The average molecular weight is 278 g/mol. The van der Waals surface area contributed by atoms with E-state index in [1.54, 1.807) is 0 Å². The van der Waals surface area contributed by atoms with Crippen LogP contribution in [-0.2, 0) is 9.53 Å². The number of nitrogens with one attached hydrogen (secondary N) is 1. The van der Waals surface area contributed by atoms with Crippen molar-refractivity contribution in [2.24, 2.45) is 5.92 Å². The first-order valence-electron chi connectivity index (χ1n) is 5.42. The third-order valence-electron chi connectivity index (χ3n) is 3.09. The van der Waals surface area contributed by atoms with Crippen LogP contribution in [0.25, 0.3) is 0 Å². The SMILES string of the molecule is CC1CCOC1C(=O)NC(C)(C)C(C)Br. The summed E-state index contributed by atoms with van der Waals surface area (Å²) >= 11 is 3.49. The Kier molecular flexibility index (Phi) is 4.18. The Balaban J connectivity index is 2.55. The van der Waals surface area contributed by atoms with Crippen LogP contribution in [-0.4, -0.2) is 29.0 Å². The Morgan fingerprint density at radius 3 is 2.60 bits per heavy atom. The molecule has 0 aromatic heterocycles. The van der Waals surface area contributed by atoms with E-state index in [-0.39, 0.29) is 22.4 Å². The van der Waals surface area contributed by atoms with Crippen LogP contribution in [0, 0.1) is 5.92 Å². The summed E-state index contributed by atoms with van der Waals surface area (Å²) < 4.78 is 5.43. The monoisotopic (exact) mass is 277 g/mol. The van der Waals surface area contributed by atoms with Gasteiger partial charge in [0, 0.05) is 17.0 Å². The Labute approximate surface area is 100 Å². The van der Waals surface area contributed by atoms with Crippen molar-refractivity contribution in [1.82, 2.24) is 5.32 Å². The van der Waals surface area contributed by atoms with Crippen molar-refractivity contribution < 1.29 is 9.53 Å². The quantitative estimate of drug-likeness (QED) is 0.803. The summed E-state index contributed by atoms with van der Waals surface area (Å²) in [4.78, 5) is 12.1. The number of alkyl halides is 1. The van der Waals surface area contributed by atoms with Crippen LogP contribution >= 0.6 is 15.9 Å². The molecule has 1 aliphatic heterocycles. The van der Waals surface area contributed by atoms with Gasteiger partial charge < -0.3 is 10.1 Å². The molecule has 0 aliphatic carbocycles. The second-order valence-electron chi connectivity index (χ2n) is 4.88. The molecule has 1 amide bonds. The van der Waals surface area contributed by atoms with Crippen molar-refractivity contribution in [3.05, 3.63) is 0 Å². The van der Waals surface area contributed by atoms with Gasteiger partial charge in [-0.3, -0.25) is 4.79 Å². The smallest absolute Gasteiger partial charge is 0.249 e. The maximum atomic E-state index is 11.9. The number of hydrogen-bond acceptors (Lipinski definition) is 2. The van der Waals surface area contributed by atoms with Gasteiger partial charge in [-0.2, -0.15) is 0 Å². The first-order chi connectivity index (χ1) is 6.84. The number of carbonyl (C=O) groups is 1. The summed E-state index contributed by atoms with van der Waals surface area (Å²) in [6.07, 6.45) is 0.707. The van der Waals surface area contributed by atoms with Gasteiger partial charge in [0.05, 0.1) is 0 Å². The molecule has 3 atom stereocenters. The Morgan fingerprint density at radius 2 is 2.20 bits per heavy atom. The number of hydrogen-bond donors (Lipinski definition) is 1. The molecule has 1 heterocycles. The molecule has 88 valence electrons. The molecule has 0 aromatic rings. The fourth-order valence-corrected chi connectivity index (χ4v) is 1.63. The lowest BCUT2D eigenvalue weighted by atomic mass is 9.99. The normalized spacial score (nSPS) is 28.9. The summed E-state index contributed by atoms with van der Waals surface area (Å²) in [6.45, 7) is 8.79. The predicted octanol–water partition coefficient (Wildman–Crippen LogP) is 2.09. The van der Waals surface area contributed by atoms with Gasteiger partial charge in [0.25, 0.3) is 0 Å². The highest BCUT2D eigenvalue weighted by atomic mass is 79.9. The number of ether oxygens (including phenoxy) is 1. The molecule has 1 N–H and O–H groups in total. The number of carbonyl (C=O) groups excluding carboxylic acids is 1. The average Bonchev–Trinajstić information content (AvgIpc) is 2.50. The van der Waals surface area contributed by atoms with Crippen LogP contribution in [0.1, 0.15) is 34.1 Å². The van der Waals surface area contributed by atoms with Gasteiger partial charge >= 0.3 is 0 Å². The predicted molar refractivity (Wildman–Crippen MR) is 64.1 cm³/mol. The summed E-state index contributed by atoms with van der Waals surface area (Å²) in [5, 5.41) is 3.02. The van der Waals surface area contributed by atoms with Gasteiger partial charge in [-0.1, -0.05) is 29.8 Å². The molecule has 15 heavy (non-hydrogen) atoms. The number of rotatable bonds is 3. The molecule has 1 aliphatic rings. The maximum Gasteiger partial charge on any atom is 0.249 e. The Bertz CT molecular complexity index is 241. The standard InChI is InChI=1S/C11H20BrNO2/c1-7-5-6-15-9(7)10(14)13-11(3,4)8(2)12/h7-9H,5-6H2,1-4H3,(H,13,14). The number of halogens is 1. The molecule has 3 unspecified atom stereocenters. The molecule has 0 aromatic carbocycles. The summed E-state index contributed by atoms with van der Waals surface area (Å²) in [6, 6.07) is 0. The van der Waals surface area contributed by atoms with E-state index in [1.807, 2.05) is 20.8 Å². The topological polar surface area (TPSA) is 38.3 Å². The van der Waals surface area contributed by atoms with E-state index in [0.717, 1.165) is 6.42 Å². The molecule has 3 nitrogen and oxygen atoms in total. The van der Waals surface area contributed by atoms with E-state index in [1.165, 1.54) is 0 Å². The molecule has 0 spiro atoms. The van der Waals surface area contributed by atoms with Gasteiger partial charge in [-0.15, -0.1) is 0 Å². The van der Waals surface area contributed by atoms with Gasteiger partial charge in [-0.05, 0) is 26.2 Å². The van der Waals surface area contributed by atoms with E-state index < -0.39 is 0 Å². The zero-order valence-electron chi connectivity index (χ0n) is 9.84. The van der Waals surface area contributed by atoms with Crippen molar-refractivity contribution in [1.29, 1.82) is 0 Å². The molecule has 1 rings (SSSR count). The number of amides is 1. The molecular formula is C11H20BrNO2. The fraction of sp³-hybridized carbons (Fsp3) is 0.909. The molecular weight excluding hydrogens is 258 g/mol. The minimum absolute atomic E-state index is 0.0105. The van der Waals surface area contributed by atoms with Crippen LogP contribution < -0.4 is 5.32 Å². The van der Waals surface area contributed by atoms with E-state index in [4.69, 9.17) is 4.74 Å². The lowest BCUT2D eigenvalue weighted by molar-refractivity contribution is -0.133. The minimum atomic E-state index is -0.268.